The summed E-state index contributed by atoms with van der Waals surface area (Å²) in [6.07, 6.45) is 1.91. The van der Waals surface area contributed by atoms with Gasteiger partial charge in [-0.15, -0.1) is 0 Å². The Morgan fingerprint density at radius 2 is 2.08 bits per heavy atom. The van der Waals surface area contributed by atoms with Crippen molar-refractivity contribution in [1.82, 2.24) is 10.2 Å². The number of carbonyl (C=O) groups excluding carboxylic acids is 1. The summed E-state index contributed by atoms with van der Waals surface area (Å²) in [6.45, 7) is 7.10. The lowest BCUT2D eigenvalue weighted by molar-refractivity contribution is -0.384. The van der Waals surface area contributed by atoms with Crippen LogP contribution in [0.5, 0.6) is 0 Å². The van der Waals surface area contributed by atoms with Gasteiger partial charge in [-0.3, -0.25) is 14.9 Å². The quantitative estimate of drug-likeness (QED) is 0.464. The number of methoxy groups -OCH3 is 1. The zero-order valence-electron chi connectivity index (χ0n) is 15.2. The highest BCUT2D eigenvalue weighted by atomic mass is 16.6. The van der Waals surface area contributed by atoms with Gasteiger partial charge in [0.1, 0.15) is 0 Å². The second-order valence-electron chi connectivity index (χ2n) is 6.68. The molecule has 0 aromatic heterocycles. The molecule has 0 saturated carbocycles. The van der Waals surface area contributed by atoms with Gasteiger partial charge in [0.2, 0.25) is 0 Å². The van der Waals surface area contributed by atoms with Crippen molar-refractivity contribution >= 4 is 11.6 Å². The number of carbonyl (C=O) groups is 1. The largest absolute Gasteiger partial charge is 0.383 e. The Bertz CT molecular complexity index is 610. The van der Waals surface area contributed by atoms with Crippen molar-refractivity contribution in [3.05, 3.63) is 39.4 Å². The summed E-state index contributed by atoms with van der Waals surface area (Å²) in [5, 5.41) is 13.9. The lowest BCUT2D eigenvalue weighted by Gasteiger charge is -2.35. The van der Waals surface area contributed by atoms with Gasteiger partial charge in [-0.2, -0.15) is 0 Å². The van der Waals surface area contributed by atoms with E-state index in [2.05, 4.69) is 24.1 Å². The third-order valence-electron chi connectivity index (χ3n) is 4.78. The van der Waals surface area contributed by atoms with Crippen LogP contribution in [0.15, 0.2) is 18.2 Å². The Morgan fingerprint density at radius 1 is 1.40 bits per heavy atom. The maximum absolute atomic E-state index is 12.5. The minimum atomic E-state index is -0.461. The number of hydrogen-bond donors (Lipinski definition) is 1. The van der Waals surface area contributed by atoms with E-state index in [9.17, 15) is 14.9 Å². The third-order valence-corrected chi connectivity index (χ3v) is 4.78. The van der Waals surface area contributed by atoms with Gasteiger partial charge < -0.3 is 15.0 Å². The van der Waals surface area contributed by atoms with E-state index in [1.807, 2.05) is 0 Å². The highest BCUT2D eigenvalue weighted by molar-refractivity contribution is 5.96. The Labute approximate surface area is 148 Å². The van der Waals surface area contributed by atoms with Gasteiger partial charge >= 0.3 is 0 Å². The van der Waals surface area contributed by atoms with Gasteiger partial charge in [0.05, 0.1) is 11.5 Å². The standard InChI is InChI=1S/C18H27N3O4/c1-13(2)20-9-6-14(7-10-20)16-5-4-15(21(23)24)12-17(16)18(22)19-8-11-25-3/h4-5,12-14H,6-11H2,1-3H3,(H,19,22). The normalized spacial score (nSPS) is 16.2. The summed E-state index contributed by atoms with van der Waals surface area (Å²) < 4.78 is 4.94. The number of nitrogens with one attached hydrogen (secondary N) is 1. The van der Waals surface area contributed by atoms with Crippen LogP contribution in [0.25, 0.3) is 0 Å². The predicted octanol–water partition coefficient (Wildman–Crippen LogP) is 2.56. The van der Waals surface area contributed by atoms with Crippen LogP contribution in [-0.4, -0.2) is 55.1 Å². The van der Waals surface area contributed by atoms with Crippen LogP contribution in [-0.2, 0) is 4.74 Å². The van der Waals surface area contributed by atoms with E-state index in [1.54, 1.807) is 13.2 Å². The Morgan fingerprint density at radius 3 is 2.64 bits per heavy atom. The molecule has 138 valence electrons. The first-order valence-electron chi connectivity index (χ1n) is 8.73. The number of ether oxygens (including phenoxy) is 1. The lowest BCUT2D eigenvalue weighted by atomic mass is 9.85. The zero-order chi connectivity index (χ0) is 18.4. The van der Waals surface area contributed by atoms with Crippen LogP contribution in [0.1, 0.15) is 48.5 Å². The highest BCUT2D eigenvalue weighted by Gasteiger charge is 2.26. The monoisotopic (exact) mass is 349 g/mol. The summed E-state index contributed by atoms with van der Waals surface area (Å²) in [7, 11) is 1.56. The molecule has 1 aromatic rings. The number of nitro groups is 1. The van der Waals surface area contributed by atoms with Crippen molar-refractivity contribution in [1.29, 1.82) is 0 Å². The Balaban J connectivity index is 2.21. The summed E-state index contributed by atoms with van der Waals surface area (Å²) in [5.74, 6) is -0.0268. The van der Waals surface area contributed by atoms with Gasteiger partial charge in [0.15, 0.2) is 0 Å². The number of hydrogen-bond acceptors (Lipinski definition) is 5. The fourth-order valence-corrected chi connectivity index (χ4v) is 3.30. The second kappa shape index (κ2) is 8.92. The van der Waals surface area contributed by atoms with Gasteiger partial charge in [0.25, 0.3) is 11.6 Å². The van der Waals surface area contributed by atoms with E-state index in [-0.39, 0.29) is 17.5 Å². The van der Waals surface area contributed by atoms with Crippen molar-refractivity contribution in [2.75, 3.05) is 33.4 Å². The maximum atomic E-state index is 12.5. The molecule has 1 N–H and O–H groups in total. The fraction of sp³-hybridized carbons (Fsp3) is 0.611. The molecule has 1 aliphatic rings. The van der Waals surface area contributed by atoms with Crippen LogP contribution in [0, 0.1) is 10.1 Å². The Hall–Kier alpha value is -1.99. The molecule has 0 aliphatic carbocycles. The summed E-state index contributed by atoms with van der Waals surface area (Å²) in [4.78, 5) is 25.6. The molecular weight excluding hydrogens is 322 g/mol. The van der Waals surface area contributed by atoms with Gasteiger partial charge in [0, 0.05) is 37.4 Å². The van der Waals surface area contributed by atoms with Gasteiger partial charge in [-0.25, -0.2) is 0 Å². The molecule has 1 fully saturated rings. The third kappa shape index (κ3) is 4.99. The molecule has 1 amide bonds. The number of nitro benzene ring substituents is 1. The lowest BCUT2D eigenvalue weighted by Crippen LogP contribution is -2.38. The van der Waals surface area contributed by atoms with Crippen molar-refractivity contribution < 1.29 is 14.5 Å². The summed E-state index contributed by atoms with van der Waals surface area (Å²) >= 11 is 0. The summed E-state index contributed by atoms with van der Waals surface area (Å²) in [5.41, 5.74) is 1.26. The smallest absolute Gasteiger partial charge is 0.270 e. The van der Waals surface area contributed by atoms with E-state index in [0.29, 0.717) is 24.8 Å². The Kier molecular flexibility index (Phi) is 6.90. The van der Waals surface area contributed by atoms with E-state index in [0.717, 1.165) is 31.5 Å². The summed E-state index contributed by atoms with van der Waals surface area (Å²) in [6, 6.07) is 5.15. The average Bonchev–Trinajstić information content (AvgIpc) is 2.61. The molecule has 0 radical (unpaired) electrons. The number of nitrogens with zero attached hydrogens (tertiary/aromatic N) is 2. The molecule has 1 heterocycles. The van der Waals surface area contributed by atoms with Crippen molar-refractivity contribution in [2.24, 2.45) is 0 Å². The molecule has 7 nitrogen and oxygen atoms in total. The molecule has 2 rings (SSSR count). The molecule has 7 heteroatoms. The topological polar surface area (TPSA) is 84.7 Å². The molecule has 1 aliphatic heterocycles. The first kappa shape index (κ1) is 19.3. The average molecular weight is 349 g/mol. The minimum Gasteiger partial charge on any atom is -0.383 e. The number of benzene rings is 1. The van der Waals surface area contributed by atoms with Crippen LogP contribution in [0.3, 0.4) is 0 Å². The van der Waals surface area contributed by atoms with Crippen LogP contribution in [0.2, 0.25) is 0 Å². The van der Waals surface area contributed by atoms with Crippen molar-refractivity contribution in [3.8, 4) is 0 Å². The maximum Gasteiger partial charge on any atom is 0.270 e. The van der Waals surface area contributed by atoms with Crippen molar-refractivity contribution in [3.63, 3.8) is 0 Å². The number of amides is 1. The van der Waals surface area contributed by atoms with E-state index in [4.69, 9.17) is 4.74 Å². The number of rotatable bonds is 7. The van der Waals surface area contributed by atoms with E-state index >= 15 is 0 Å². The molecule has 1 aromatic carbocycles. The first-order chi connectivity index (χ1) is 11.9. The van der Waals surface area contributed by atoms with Crippen LogP contribution < -0.4 is 5.32 Å². The number of likely N-dealkylation sites (tertiary alicyclic amines) is 1. The SMILES string of the molecule is COCCNC(=O)c1cc([N+](=O)[O-])ccc1C1CCN(C(C)C)CC1. The second-order valence-corrected chi connectivity index (χ2v) is 6.68. The highest BCUT2D eigenvalue weighted by Crippen LogP contribution is 2.32. The van der Waals surface area contributed by atoms with Crippen molar-refractivity contribution in [2.45, 2.75) is 38.6 Å². The molecule has 0 bridgehead atoms. The molecule has 0 spiro atoms. The molecule has 0 unspecified atom stereocenters. The molecular formula is C18H27N3O4. The van der Waals surface area contributed by atoms with Gasteiger partial charge in [-0.1, -0.05) is 6.07 Å². The van der Waals surface area contributed by atoms with Crippen LogP contribution in [0.4, 0.5) is 5.69 Å². The van der Waals surface area contributed by atoms with Crippen LogP contribution >= 0.6 is 0 Å². The molecule has 25 heavy (non-hydrogen) atoms. The minimum absolute atomic E-state index is 0.0553. The first-order valence-corrected chi connectivity index (χ1v) is 8.73. The van der Waals surface area contributed by atoms with Gasteiger partial charge in [-0.05, 0) is 51.3 Å². The number of non-ortho nitro benzene ring substituents is 1. The predicted molar refractivity (Wildman–Crippen MR) is 96.0 cm³/mol. The molecule has 0 atom stereocenters. The molecule has 1 saturated heterocycles. The zero-order valence-corrected chi connectivity index (χ0v) is 15.2. The number of piperidine rings is 1. The van der Waals surface area contributed by atoms with E-state index < -0.39 is 4.92 Å². The fourth-order valence-electron chi connectivity index (χ4n) is 3.30. The van der Waals surface area contributed by atoms with E-state index in [1.165, 1.54) is 12.1 Å².